The molecule has 0 spiro atoms. The topological polar surface area (TPSA) is 89.2 Å². The van der Waals surface area contributed by atoms with E-state index in [1.807, 2.05) is 6.92 Å². The zero-order valence-electron chi connectivity index (χ0n) is 11.4. The van der Waals surface area contributed by atoms with Gasteiger partial charge in [-0.3, -0.25) is 10.7 Å². The van der Waals surface area contributed by atoms with Crippen LogP contribution in [0.1, 0.15) is 30.5 Å². The van der Waals surface area contributed by atoms with Crippen LogP contribution in [-0.2, 0) is 0 Å². The van der Waals surface area contributed by atoms with Crippen LogP contribution < -0.4 is 10.1 Å². The number of nitrogens with one attached hydrogen (secondary N) is 2. The molecule has 0 aromatic heterocycles. The van der Waals surface area contributed by atoms with E-state index in [9.17, 15) is 4.79 Å². The quantitative estimate of drug-likeness (QED) is 0.878. The molecule has 1 fully saturated rings. The number of hydrogen-bond donors (Lipinski definition) is 2. The lowest BCUT2D eigenvalue weighted by molar-refractivity contribution is 0.206. The molecule has 2 amide bonds. The molecule has 1 aromatic rings. The molecule has 1 aromatic carbocycles. The number of benzene rings is 1. The number of amidine groups is 1. The maximum absolute atomic E-state index is 11.8. The molecule has 20 heavy (non-hydrogen) atoms. The summed E-state index contributed by atoms with van der Waals surface area (Å²) >= 11 is 0. The van der Waals surface area contributed by atoms with Crippen LogP contribution in [-0.4, -0.2) is 30.4 Å². The van der Waals surface area contributed by atoms with E-state index in [1.54, 1.807) is 23.1 Å². The molecule has 0 aliphatic carbocycles. The van der Waals surface area contributed by atoms with Crippen molar-refractivity contribution in [3.8, 4) is 11.8 Å². The van der Waals surface area contributed by atoms with Gasteiger partial charge in [0.25, 0.3) is 0 Å². The Labute approximate surface area is 117 Å². The van der Waals surface area contributed by atoms with Crippen LogP contribution in [0.3, 0.4) is 0 Å². The Morgan fingerprint density at radius 1 is 1.55 bits per heavy atom. The number of ether oxygens (including phenoxy) is 1. The number of carbonyl (C=O) groups is 1. The van der Waals surface area contributed by atoms with Crippen molar-refractivity contribution < 1.29 is 9.53 Å². The number of nitriles is 1. The summed E-state index contributed by atoms with van der Waals surface area (Å²) in [5.41, 5.74) is 1.13. The minimum atomic E-state index is -0.458. The zero-order valence-corrected chi connectivity index (χ0v) is 11.4. The van der Waals surface area contributed by atoms with Gasteiger partial charge in [-0.05, 0) is 24.1 Å². The maximum Gasteiger partial charge on any atom is 0.323 e. The Hall–Kier alpha value is -2.55. The number of carbonyl (C=O) groups excluding carboxylic acids is 1. The van der Waals surface area contributed by atoms with E-state index in [0.29, 0.717) is 17.9 Å². The van der Waals surface area contributed by atoms with Gasteiger partial charge in [-0.1, -0.05) is 13.0 Å². The van der Waals surface area contributed by atoms with Crippen LogP contribution in [0.4, 0.5) is 4.79 Å². The van der Waals surface area contributed by atoms with Crippen LogP contribution in [0.25, 0.3) is 0 Å². The lowest BCUT2D eigenvalue weighted by Crippen LogP contribution is -2.30. The van der Waals surface area contributed by atoms with Crippen molar-refractivity contribution in [2.75, 3.05) is 13.7 Å². The van der Waals surface area contributed by atoms with E-state index < -0.39 is 6.04 Å². The molecule has 104 valence electrons. The Morgan fingerprint density at radius 2 is 2.30 bits per heavy atom. The number of amides is 2. The van der Waals surface area contributed by atoms with Crippen molar-refractivity contribution in [2.24, 2.45) is 0 Å². The van der Waals surface area contributed by atoms with Gasteiger partial charge in [0.2, 0.25) is 0 Å². The SMILES string of the molecule is CCCN1C(=O)NC(=N)C1c1ccc(OC)c(C#N)c1. The largest absolute Gasteiger partial charge is 0.495 e. The van der Waals surface area contributed by atoms with Crippen molar-refractivity contribution in [1.29, 1.82) is 10.7 Å². The number of methoxy groups -OCH3 is 1. The molecule has 0 radical (unpaired) electrons. The molecule has 0 bridgehead atoms. The van der Waals surface area contributed by atoms with Crippen molar-refractivity contribution in [2.45, 2.75) is 19.4 Å². The van der Waals surface area contributed by atoms with Gasteiger partial charge in [-0.2, -0.15) is 5.26 Å². The lowest BCUT2D eigenvalue weighted by Gasteiger charge is -2.22. The number of hydrogen-bond acceptors (Lipinski definition) is 4. The molecule has 1 aliphatic heterocycles. The summed E-state index contributed by atoms with van der Waals surface area (Å²) < 4.78 is 5.10. The third kappa shape index (κ3) is 2.30. The third-order valence-electron chi connectivity index (χ3n) is 3.21. The Kier molecular flexibility index (Phi) is 3.89. The standard InChI is InChI=1S/C14H16N4O2/c1-3-6-18-12(13(16)17-14(18)19)9-4-5-11(20-2)10(7-9)8-15/h4-5,7,12H,3,6H2,1-2H3,(H2,16,17,19). The number of rotatable bonds is 4. The van der Waals surface area contributed by atoms with Gasteiger partial charge in [0.15, 0.2) is 0 Å². The van der Waals surface area contributed by atoms with Gasteiger partial charge in [0.05, 0.1) is 12.7 Å². The summed E-state index contributed by atoms with van der Waals surface area (Å²) in [4.78, 5) is 13.4. The fourth-order valence-corrected chi connectivity index (χ4v) is 2.33. The van der Waals surface area contributed by atoms with Crippen molar-refractivity contribution in [1.82, 2.24) is 10.2 Å². The molecule has 6 heteroatoms. The fraction of sp³-hybridized carbons (Fsp3) is 0.357. The maximum atomic E-state index is 11.8. The van der Waals surface area contributed by atoms with Crippen LogP contribution in [0.5, 0.6) is 5.75 Å². The van der Waals surface area contributed by atoms with E-state index in [0.717, 1.165) is 12.0 Å². The van der Waals surface area contributed by atoms with Crippen molar-refractivity contribution >= 4 is 11.9 Å². The molecule has 1 saturated heterocycles. The average Bonchev–Trinajstić information content (AvgIpc) is 2.73. The summed E-state index contributed by atoms with van der Waals surface area (Å²) in [6, 6.07) is 6.47. The molecule has 1 heterocycles. The van der Waals surface area contributed by atoms with Gasteiger partial charge in [-0.15, -0.1) is 0 Å². The van der Waals surface area contributed by atoms with Crippen LogP contribution in [0.2, 0.25) is 0 Å². The summed E-state index contributed by atoms with van der Waals surface area (Å²) in [7, 11) is 1.50. The van der Waals surface area contributed by atoms with Crippen LogP contribution in [0.15, 0.2) is 18.2 Å². The van der Waals surface area contributed by atoms with E-state index in [1.165, 1.54) is 7.11 Å². The Balaban J connectivity index is 2.41. The zero-order chi connectivity index (χ0) is 14.7. The minimum absolute atomic E-state index is 0.137. The van der Waals surface area contributed by atoms with Gasteiger partial charge in [0.1, 0.15) is 23.7 Å². The highest BCUT2D eigenvalue weighted by Gasteiger charge is 2.36. The minimum Gasteiger partial charge on any atom is -0.495 e. The molecule has 1 unspecified atom stereocenters. The highest BCUT2D eigenvalue weighted by atomic mass is 16.5. The molecular weight excluding hydrogens is 256 g/mol. The second-order valence-corrected chi connectivity index (χ2v) is 4.51. The molecule has 1 aliphatic rings. The summed E-state index contributed by atoms with van der Waals surface area (Å²) in [5.74, 6) is 0.625. The fourth-order valence-electron chi connectivity index (χ4n) is 2.33. The second-order valence-electron chi connectivity index (χ2n) is 4.51. The Morgan fingerprint density at radius 3 is 2.90 bits per heavy atom. The van der Waals surface area contributed by atoms with Crippen LogP contribution in [0, 0.1) is 16.7 Å². The summed E-state index contributed by atoms with van der Waals surface area (Å²) in [6.07, 6.45) is 0.804. The number of urea groups is 1. The first-order chi connectivity index (χ1) is 9.62. The Bertz CT molecular complexity index is 591. The number of nitrogens with zero attached hydrogens (tertiary/aromatic N) is 2. The van der Waals surface area contributed by atoms with E-state index in [2.05, 4.69) is 11.4 Å². The predicted molar refractivity (Wildman–Crippen MR) is 73.7 cm³/mol. The van der Waals surface area contributed by atoms with E-state index in [-0.39, 0.29) is 11.9 Å². The monoisotopic (exact) mass is 272 g/mol. The second kappa shape index (κ2) is 5.61. The van der Waals surface area contributed by atoms with Gasteiger partial charge in [-0.25, -0.2) is 4.79 Å². The van der Waals surface area contributed by atoms with Crippen LogP contribution >= 0.6 is 0 Å². The van der Waals surface area contributed by atoms with E-state index in [4.69, 9.17) is 15.4 Å². The third-order valence-corrected chi connectivity index (χ3v) is 3.21. The first-order valence-corrected chi connectivity index (χ1v) is 6.36. The summed E-state index contributed by atoms with van der Waals surface area (Å²) in [6.45, 7) is 2.54. The summed E-state index contributed by atoms with van der Waals surface area (Å²) in [5, 5.41) is 19.6. The molecule has 6 nitrogen and oxygen atoms in total. The first-order valence-electron chi connectivity index (χ1n) is 6.36. The average molecular weight is 272 g/mol. The highest BCUT2D eigenvalue weighted by Crippen LogP contribution is 2.29. The van der Waals surface area contributed by atoms with Crippen molar-refractivity contribution in [3.63, 3.8) is 0 Å². The van der Waals surface area contributed by atoms with Gasteiger partial charge in [0, 0.05) is 6.54 Å². The first kappa shape index (κ1) is 13.9. The molecule has 2 N–H and O–H groups in total. The molecule has 2 rings (SSSR count). The van der Waals surface area contributed by atoms with E-state index >= 15 is 0 Å². The normalized spacial score (nSPS) is 17.9. The van der Waals surface area contributed by atoms with Gasteiger partial charge >= 0.3 is 6.03 Å². The van der Waals surface area contributed by atoms with Gasteiger partial charge < -0.3 is 9.64 Å². The smallest absolute Gasteiger partial charge is 0.323 e. The lowest BCUT2D eigenvalue weighted by atomic mass is 10.0. The highest BCUT2D eigenvalue weighted by molar-refractivity contribution is 6.06. The molecule has 1 atom stereocenters. The molecular formula is C14H16N4O2. The predicted octanol–water partition coefficient (Wildman–Crippen LogP) is 2.02. The molecule has 0 saturated carbocycles. The van der Waals surface area contributed by atoms with Crippen molar-refractivity contribution in [3.05, 3.63) is 29.3 Å².